The number of para-hydroxylation sites is 1. The monoisotopic (exact) mass is 342 g/mol. The molecule has 0 aliphatic carbocycles. The van der Waals surface area contributed by atoms with E-state index in [1.165, 1.54) is 0 Å². The molecular formula is C18H22N4O3. The van der Waals surface area contributed by atoms with Crippen LogP contribution in [0.2, 0.25) is 0 Å². The predicted octanol–water partition coefficient (Wildman–Crippen LogP) is 1.67. The summed E-state index contributed by atoms with van der Waals surface area (Å²) in [6, 6.07) is 7.75. The van der Waals surface area contributed by atoms with Gasteiger partial charge < -0.3 is 14.9 Å². The number of aryl methyl sites for hydroxylation is 1. The van der Waals surface area contributed by atoms with Crippen LogP contribution in [0.1, 0.15) is 24.5 Å². The van der Waals surface area contributed by atoms with E-state index < -0.39 is 6.10 Å². The van der Waals surface area contributed by atoms with Gasteiger partial charge in [0.25, 0.3) is 5.91 Å². The number of nitrogens with zero attached hydrogens (tertiary/aromatic N) is 3. The average molecular weight is 342 g/mol. The second kappa shape index (κ2) is 7.38. The Balaban J connectivity index is 1.54. The normalized spacial score (nSPS) is 17.6. The Morgan fingerprint density at radius 3 is 3.00 bits per heavy atom. The Morgan fingerprint density at radius 1 is 1.48 bits per heavy atom. The van der Waals surface area contributed by atoms with Crippen LogP contribution in [0.3, 0.4) is 0 Å². The first kappa shape index (κ1) is 17.0. The number of oxime groups is 1. The average Bonchev–Trinajstić information content (AvgIpc) is 3.24. The highest BCUT2D eigenvalue weighted by molar-refractivity contribution is 6.03. The van der Waals surface area contributed by atoms with Crippen molar-refractivity contribution in [3.8, 4) is 5.75 Å². The van der Waals surface area contributed by atoms with Gasteiger partial charge in [-0.3, -0.25) is 9.48 Å². The number of rotatable bonds is 6. The number of carbonyl (C=O) groups excluding carboxylic acids is 1. The molecule has 7 heteroatoms. The molecule has 2 aromatic rings. The van der Waals surface area contributed by atoms with E-state index in [1.54, 1.807) is 18.0 Å². The van der Waals surface area contributed by atoms with Gasteiger partial charge in [-0.1, -0.05) is 23.4 Å². The molecule has 1 aromatic heterocycles. The van der Waals surface area contributed by atoms with Crippen molar-refractivity contribution in [2.24, 2.45) is 12.2 Å². The maximum absolute atomic E-state index is 12.4. The predicted molar refractivity (Wildman–Crippen MR) is 93.5 cm³/mol. The highest BCUT2D eigenvalue weighted by atomic mass is 16.6. The minimum absolute atomic E-state index is 0.0464. The van der Waals surface area contributed by atoms with Gasteiger partial charge >= 0.3 is 0 Å². The molecule has 1 N–H and O–H groups in total. The van der Waals surface area contributed by atoms with Gasteiger partial charge in [-0.25, -0.2) is 0 Å². The molecule has 0 bridgehead atoms. The SMILES string of the molecule is COc1ccccc1CC(C)NC(=O)C1CC(c2cnn(C)c2)=NO1. The van der Waals surface area contributed by atoms with Gasteiger partial charge in [-0.15, -0.1) is 0 Å². The lowest BCUT2D eigenvalue weighted by molar-refractivity contribution is -0.131. The minimum Gasteiger partial charge on any atom is -0.496 e. The van der Waals surface area contributed by atoms with Crippen molar-refractivity contribution in [3.63, 3.8) is 0 Å². The minimum atomic E-state index is -0.602. The van der Waals surface area contributed by atoms with Gasteiger partial charge in [0.1, 0.15) is 5.75 Å². The van der Waals surface area contributed by atoms with Crippen LogP contribution in [0, 0.1) is 0 Å². The summed E-state index contributed by atoms with van der Waals surface area (Å²) in [7, 11) is 3.48. The molecule has 2 heterocycles. The lowest BCUT2D eigenvalue weighted by Gasteiger charge is -2.17. The number of methoxy groups -OCH3 is 1. The smallest absolute Gasteiger partial charge is 0.264 e. The van der Waals surface area contributed by atoms with Crippen LogP contribution in [-0.2, 0) is 23.1 Å². The molecule has 1 amide bonds. The van der Waals surface area contributed by atoms with Gasteiger partial charge in [0.05, 0.1) is 19.0 Å². The summed E-state index contributed by atoms with van der Waals surface area (Å²) in [4.78, 5) is 17.7. The Labute approximate surface area is 146 Å². The molecule has 0 radical (unpaired) electrons. The molecule has 1 aliphatic heterocycles. The maximum atomic E-state index is 12.4. The molecule has 1 aliphatic rings. The number of hydrogen-bond donors (Lipinski definition) is 1. The molecule has 2 atom stereocenters. The van der Waals surface area contributed by atoms with Crippen LogP contribution in [0.4, 0.5) is 0 Å². The first-order valence-electron chi connectivity index (χ1n) is 8.20. The highest BCUT2D eigenvalue weighted by Gasteiger charge is 2.30. The summed E-state index contributed by atoms with van der Waals surface area (Å²) in [6.45, 7) is 1.96. The Morgan fingerprint density at radius 2 is 2.28 bits per heavy atom. The van der Waals surface area contributed by atoms with Crippen LogP contribution in [0.5, 0.6) is 5.75 Å². The molecule has 0 saturated carbocycles. The number of ether oxygens (including phenoxy) is 1. The van der Waals surface area contributed by atoms with E-state index >= 15 is 0 Å². The summed E-state index contributed by atoms with van der Waals surface area (Å²) >= 11 is 0. The number of nitrogens with one attached hydrogen (secondary N) is 1. The van der Waals surface area contributed by atoms with Gasteiger partial charge in [-0.05, 0) is 25.0 Å². The fraction of sp³-hybridized carbons (Fsp3) is 0.389. The summed E-state index contributed by atoms with van der Waals surface area (Å²) in [6.07, 6.45) is 4.09. The van der Waals surface area contributed by atoms with Crippen LogP contribution in [0.15, 0.2) is 41.8 Å². The van der Waals surface area contributed by atoms with Crippen molar-refractivity contribution >= 4 is 11.6 Å². The first-order valence-corrected chi connectivity index (χ1v) is 8.20. The lowest BCUT2D eigenvalue weighted by atomic mass is 10.0. The van der Waals surface area contributed by atoms with Gasteiger partial charge in [-0.2, -0.15) is 5.10 Å². The zero-order valence-corrected chi connectivity index (χ0v) is 14.6. The van der Waals surface area contributed by atoms with Gasteiger partial charge in [0.2, 0.25) is 6.10 Å². The molecular weight excluding hydrogens is 320 g/mol. The van der Waals surface area contributed by atoms with Crippen LogP contribution >= 0.6 is 0 Å². The molecule has 1 aromatic carbocycles. The topological polar surface area (TPSA) is 77.7 Å². The maximum Gasteiger partial charge on any atom is 0.264 e. The first-order chi connectivity index (χ1) is 12.1. The molecule has 0 fully saturated rings. The highest BCUT2D eigenvalue weighted by Crippen LogP contribution is 2.20. The molecule has 2 unspecified atom stereocenters. The summed E-state index contributed by atoms with van der Waals surface area (Å²) < 4.78 is 7.05. The summed E-state index contributed by atoms with van der Waals surface area (Å²) in [5.74, 6) is 0.660. The fourth-order valence-electron chi connectivity index (χ4n) is 2.85. The quantitative estimate of drug-likeness (QED) is 0.866. The van der Waals surface area contributed by atoms with Gasteiger partial charge in [0, 0.05) is 31.3 Å². The van der Waals surface area contributed by atoms with E-state index in [2.05, 4.69) is 15.6 Å². The van der Waals surface area contributed by atoms with Crippen LogP contribution in [-0.4, -0.2) is 40.7 Å². The number of aromatic nitrogens is 2. The Hall–Kier alpha value is -2.83. The standard InChI is InChI=1S/C18H22N4O3/c1-12(8-13-6-4-5-7-16(13)24-3)20-18(23)17-9-15(21-25-17)14-10-19-22(2)11-14/h4-7,10-12,17H,8-9H2,1-3H3,(H,20,23). The van der Waals surface area contributed by atoms with E-state index in [4.69, 9.17) is 9.57 Å². The van der Waals surface area contributed by atoms with Crippen molar-refractivity contribution in [2.45, 2.75) is 31.9 Å². The number of benzene rings is 1. The lowest BCUT2D eigenvalue weighted by Crippen LogP contribution is -2.41. The van der Waals surface area contributed by atoms with E-state index in [-0.39, 0.29) is 11.9 Å². The molecule has 0 saturated heterocycles. The van der Waals surface area contributed by atoms with Crippen molar-refractivity contribution in [3.05, 3.63) is 47.8 Å². The second-order valence-electron chi connectivity index (χ2n) is 6.16. The molecule has 7 nitrogen and oxygen atoms in total. The number of hydrogen-bond acceptors (Lipinski definition) is 5. The third-order valence-electron chi connectivity index (χ3n) is 4.11. The third kappa shape index (κ3) is 3.99. The van der Waals surface area contributed by atoms with E-state index in [9.17, 15) is 4.79 Å². The van der Waals surface area contributed by atoms with Gasteiger partial charge in [0.15, 0.2) is 0 Å². The second-order valence-corrected chi connectivity index (χ2v) is 6.16. The van der Waals surface area contributed by atoms with Crippen LogP contribution < -0.4 is 10.1 Å². The summed E-state index contributed by atoms with van der Waals surface area (Å²) in [5, 5.41) is 11.1. The number of carbonyl (C=O) groups is 1. The zero-order chi connectivity index (χ0) is 17.8. The van der Waals surface area contributed by atoms with E-state index in [0.717, 1.165) is 22.6 Å². The van der Waals surface area contributed by atoms with E-state index in [0.29, 0.717) is 12.8 Å². The molecule has 0 spiro atoms. The Kier molecular flexibility index (Phi) is 5.02. The van der Waals surface area contributed by atoms with E-state index in [1.807, 2.05) is 44.4 Å². The largest absolute Gasteiger partial charge is 0.496 e. The molecule has 132 valence electrons. The fourth-order valence-corrected chi connectivity index (χ4v) is 2.85. The van der Waals surface area contributed by atoms with Crippen molar-refractivity contribution in [1.29, 1.82) is 0 Å². The van der Waals surface area contributed by atoms with Crippen LogP contribution in [0.25, 0.3) is 0 Å². The van der Waals surface area contributed by atoms with Crippen molar-refractivity contribution in [1.82, 2.24) is 15.1 Å². The third-order valence-corrected chi connectivity index (χ3v) is 4.11. The molecule has 3 rings (SSSR count). The summed E-state index contributed by atoms with van der Waals surface area (Å²) in [5.41, 5.74) is 2.67. The van der Waals surface area contributed by atoms with Crippen molar-refractivity contribution < 1.29 is 14.4 Å². The number of amides is 1. The Bertz CT molecular complexity index is 784. The zero-order valence-electron chi connectivity index (χ0n) is 14.6. The molecule has 25 heavy (non-hydrogen) atoms. The van der Waals surface area contributed by atoms with Crippen molar-refractivity contribution in [2.75, 3.05) is 7.11 Å².